The van der Waals surface area contributed by atoms with Crippen LogP contribution < -0.4 is 0 Å². The molecule has 0 N–H and O–H groups in total. The fourth-order valence-electron chi connectivity index (χ4n) is 7.72. The molecule has 45 heavy (non-hydrogen) atoms. The molecule has 8 aromatic carbocycles. The van der Waals surface area contributed by atoms with Crippen molar-refractivity contribution in [3.8, 4) is 22.3 Å². The normalized spacial score (nSPS) is 12.3. The fourth-order valence-corrected chi connectivity index (χ4v) is 7.72. The van der Waals surface area contributed by atoms with E-state index in [9.17, 15) is 0 Å². The molecule has 0 radical (unpaired) electrons. The minimum atomic E-state index is -0.130. The van der Waals surface area contributed by atoms with Crippen LogP contribution in [0.5, 0.6) is 0 Å². The lowest BCUT2D eigenvalue weighted by atomic mass is 9.85. The molecule has 9 aromatic rings. The van der Waals surface area contributed by atoms with Crippen molar-refractivity contribution in [3.05, 3.63) is 146 Å². The van der Waals surface area contributed by atoms with Crippen LogP contribution in [0.1, 0.15) is 20.8 Å². The van der Waals surface area contributed by atoms with Crippen molar-refractivity contribution in [2.45, 2.75) is 26.3 Å². The van der Waals surface area contributed by atoms with Crippen LogP contribution >= 0.6 is 0 Å². The highest BCUT2D eigenvalue weighted by Crippen LogP contribution is 2.48. The summed E-state index contributed by atoms with van der Waals surface area (Å²) in [6.45, 7) is 6.99. The third-order valence-electron chi connectivity index (χ3n) is 9.56. The molecule has 1 nitrogen and oxygen atoms in total. The smallest absolute Gasteiger partial charge is 0.0576 e. The summed E-state index contributed by atoms with van der Waals surface area (Å²) in [6, 6.07) is 54.0. The van der Waals surface area contributed by atoms with Gasteiger partial charge in [0.2, 0.25) is 0 Å². The van der Waals surface area contributed by atoms with E-state index in [2.05, 4.69) is 171 Å². The zero-order valence-electron chi connectivity index (χ0n) is 25.8. The van der Waals surface area contributed by atoms with Gasteiger partial charge in [0.1, 0.15) is 0 Å². The summed E-state index contributed by atoms with van der Waals surface area (Å²) >= 11 is 0. The molecule has 0 bridgehead atoms. The lowest BCUT2D eigenvalue weighted by Gasteiger charge is -2.26. The van der Waals surface area contributed by atoms with Gasteiger partial charge < -0.3 is 4.57 Å². The standard InChI is InChI=1S/C44H33N/c1-44(2,3)45-40-27-31-16-7-6-15-30(31)26-39(40)37-21-12-22-38(43(37)45)42-35-19-10-8-17-33(35)41(34-18-9-11-20-36(34)42)32-24-23-28-13-4-5-14-29(28)25-32/h4-27H,1-3H3. The molecule has 0 saturated heterocycles. The van der Waals surface area contributed by atoms with Crippen LogP contribution in [0.4, 0.5) is 0 Å². The molecule has 0 aliphatic heterocycles. The van der Waals surface area contributed by atoms with Crippen molar-refractivity contribution in [1.29, 1.82) is 0 Å². The predicted octanol–water partition coefficient (Wildman–Crippen LogP) is 12.5. The quantitative estimate of drug-likeness (QED) is 0.181. The zero-order chi connectivity index (χ0) is 30.3. The Kier molecular flexibility index (Phi) is 5.53. The van der Waals surface area contributed by atoms with E-state index in [1.807, 2.05) is 0 Å². The maximum atomic E-state index is 2.58. The third kappa shape index (κ3) is 3.87. The van der Waals surface area contributed by atoms with Crippen LogP contribution in [0.25, 0.3) is 87.1 Å². The highest BCUT2D eigenvalue weighted by Gasteiger charge is 2.25. The minimum Gasteiger partial charge on any atom is -0.335 e. The Morgan fingerprint density at radius 1 is 0.400 bits per heavy atom. The van der Waals surface area contributed by atoms with Crippen LogP contribution in [-0.2, 0) is 5.54 Å². The fraction of sp³-hybridized carbons (Fsp3) is 0.0909. The molecule has 0 unspecified atom stereocenters. The second kappa shape index (κ2) is 9.55. The summed E-state index contributed by atoms with van der Waals surface area (Å²) in [4.78, 5) is 0. The summed E-state index contributed by atoms with van der Waals surface area (Å²) in [5.74, 6) is 0. The van der Waals surface area contributed by atoms with Gasteiger partial charge in [-0.15, -0.1) is 0 Å². The van der Waals surface area contributed by atoms with Gasteiger partial charge in [0.05, 0.1) is 11.0 Å². The van der Waals surface area contributed by atoms with Gasteiger partial charge in [0.25, 0.3) is 0 Å². The van der Waals surface area contributed by atoms with Gasteiger partial charge >= 0.3 is 0 Å². The Morgan fingerprint density at radius 2 is 0.911 bits per heavy atom. The van der Waals surface area contributed by atoms with Crippen LogP contribution in [0, 0.1) is 0 Å². The molecule has 0 fully saturated rings. The van der Waals surface area contributed by atoms with Crippen LogP contribution in [0.2, 0.25) is 0 Å². The molecule has 214 valence electrons. The average Bonchev–Trinajstić information content (AvgIpc) is 3.40. The summed E-state index contributed by atoms with van der Waals surface area (Å²) in [5.41, 5.74) is 7.57. The number of fused-ring (bicyclic) bond motifs is 7. The zero-order valence-corrected chi connectivity index (χ0v) is 25.8. The monoisotopic (exact) mass is 575 g/mol. The summed E-state index contributed by atoms with van der Waals surface area (Å²) in [7, 11) is 0. The molecule has 0 amide bonds. The van der Waals surface area contributed by atoms with E-state index in [0.29, 0.717) is 0 Å². The number of rotatable bonds is 2. The molecule has 0 aliphatic carbocycles. The van der Waals surface area contributed by atoms with Crippen molar-refractivity contribution >= 4 is 64.9 Å². The molecule has 0 atom stereocenters. The number of hydrogen-bond acceptors (Lipinski definition) is 0. The first kappa shape index (κ1) is 26.0. The highest BCUT2D eigenvalue weighted by molar-refractivity contribution is 6.25. The Hall–Kier alpha value is -5.40. The number of aromatic nitrogens is 1. The van der Waals surface area contributed by atoms with E-state index < -0.39 is 0 Å². The second-order valence-corrected chi connectivity index (χ2v) is 13.3. The molecular weight excluding hydrogens is 542 g/mol. The predicted molar refractivity (Wildman–Crippen MR) is 195 cm³/mol. The maximum absolute atomic E-state index is 2.58. The van der Waals surface area contributed by atoms with Gasteiger partial charge in [-0.1, -0.05) is 127 Å². The molecule has 0 saturated carbocycles. The van der Waals surface area contributed by atoms with Crippen LogP contribution in [0.15, 0.2) is 146 Å². The number of para-hydroxylation sites is 1. The van der Waals surface area contributed by atoms with Gasteiger partial charge in [-0.2, -0.15) is 0 Å². The Morgan fingerprint density at radius 3 is 1.53 bits per heavy atom. The van der Waals surface area contributed by atoms with E-state index in [1.54, 1.807) is 0 Å². The van der Waals surface area contributed by atoms with Gasteiger partial charge in [-0.3, -0.25) is 0 Å². The van der Waals surface area contributed by atoms with Gasteiger partial charge in [-0.25, -0.2) is 0 Å². The first-order valence-electron chi connectivity index (χ1n) is 15.9. The average molecular weight is 576 g/mol. The van der Waals surface area contributed by atoms with Crippen molar-refractivity contribution < 1.29 is 0 Å². The number of nitrogens with zero attached hydrogens (tertiary/aromatic N) is 1. The third-order valence-corrected chi connectivity index (χ3v) is 9.56. The summed E-state index contributed by atoms with van der Waals surface area (Å²) < 4.78 is 2.58. The topological polar surface area (TPSA) is 4.93 Å². The first-order chi connectivity index (χ1) is 22.0. The largest absolute Gasteiger partial charge is 0.335 e. The van der Waals surface area contributed by atoms with Gasteiger partial charge in [0.15, 0.2) is 0 Å². The lowest BCUT2D eigenvalue weighted by Crippen LogP contribution is -2.21. The van der Waals surface area contributed by atoms with Crippen molar-refractivity contribution in [3.63, 3.8) is 0 Å². The molecule has 1 heterocycles. The minimum absolute atomic E-state index is 0.130. The van der Waals surface area contributed by atoms with E-state index >= 15 is 0 Å². The van der Waals surface area contributed by atoms with Crippen LogP contribution in [-0.4, -0.2) is 4.57 Å². The Labute approximate surface area is 263 Å². The highest BCUT2D eigenvalue weighted by atomic mass is 15.0. The lowest BCUT2D eigenvalue weighted by molar-refractivity contribution is 0.423. The van der Waals surface area contributed by atoms with E-state index in [0.717, 1.165) is 0 Å². The first-order valence-corrected chi connectivity index (χ1v) is 15.9. The molecular formula is C44H33N. The number of hydrogen-bond donors (Lipinski definition) is 0. The second-order valence-electron chi connectivity index (χ2n) is 13.3. The molecule has 0 aliphatic rings. The summed E-state index contributed by atoms with van der Waals surface area (Å²) in [5, 5.41) is 12.8. The SMILES string of the molecule is CC(C)(C)n1c2cc3ccccc3cc2c2cccc(-c3c4ccccc4c(-c4ccc5ccccc5c4)c4ccccc34)c21. The molecule has 1 aromatic heterocycles. The van der Waals surface area contributed by atoms with Crippen LogP contribution in [0.3, 0.4) is 0 Å². The van der Waals surface area contributed by atoms with Gasteiger partial charge in [-0.05, 0) is 98.8 Å². The maximum Gasteiger partial charge on any atom is 0.0576 e. The van der Waals surface area contributed by atoms with Crippen molar-refractivity contribution in [1.82, 2.24) is 4.57 Å². The Balaban J connectivity index is 1.45. The number of benzene rings is 8. The molecule has 9 rings (SSSR count). The van der Waals surface area contributed by atoms with E-state index in [-0.39, 0.29) is 5.54 Å². The van der Waals surface area contributed by atoms with Crippen molar-refractivity contribution in [2.75, 3.05) is 0 Å². The van der Waals surface area contributed by atoms with Crippen molar-refractivity contribution in [2.24, 2.45) is 0 Å². The van der Waals surface area contributed by atoms with E-state index in [1.165, 1.54) is 87.1 Å². The molecule has 1 heteroatoms. The van der Waals surface area contributed by atoms with E-state index in [4.69, 9.17) is 0 Å². The Bertz CT molecular complexity index is 2570. The van der Waals surface area contributed by atoms with Gasteiger partial charge in [0, 0.05) is 21.9 Å². The molecule has 0 spiro atoms. The summed E-state index contributed by atoms with van der Waals surface area (Å²) in [6.07, 6.45) is 0.